The van der Waals surface area contributed by atoms with Crippen molar-refractivity contribution in [2.75, 3.05) is 51.0 Å². The zero-order chi connectivity index (χ0) is 32.2. The molecule has 1 saturated heterocycles. The molecule has 15 nitrogen and oxygen atoms in total. The average Bonchev–Trinajstić information content (AvgIpc) is 3.41. The third kappa shape index (κ3) is 11.9. The molecule has 0 radical (unpaired) electrons. The molecule has 1 amide bonds. The fourth-order valence-corrected chi connectivity index (χ4v) is 4.47. The van der Waals surface area contributed by atoms with Crippen LogP contribution in [0.25, 0.3) is 0 Å². The predicted molar refractivity (Wildman–Crippen MR) is 152 cm³/mol. The van der Waals surface area contributed by atoms with Gasteiger partial charge in [-0.1, -0.05) is 0 Å². The van der Waals surface area contributed by atoms with Crippen molar-refractivity contribution in [3.8, 4) is 5.88 Å². The standard InChI is InChI=1S/C27H42N4O11S/c1-8-38-21(33)9-10-22(34)42-20(16-39-24-23(28-43-29-24)30-11-13-37-14-12-30)15-31(27(5,6)7)25(35)17(2)41-26(36)18(3)40-19(4)32/h17-18,20H,8-16H2,1-7H3/t17-,18-,20-/m0/s1. The topological polar surface area (TPSA) is 173 Å². The highest BCUT2D eigenvalue weighted by Crippen LogP contribution is 2.27. The molecule has 0 N–H and O–H groups in total. The molecule has 0 spiro atoms. The van der Waals surface area contributed by atoms with Crippen LogP contribution in [-0.2, 0) is 47.7 Å². The molecule has 0 unspecified atom stereocenters. The molecule has 0 bridgehead atoms. The van der Waals surface area contributed by atoms with Crippen molar-refractivity contribution in [1.82, 2.24) is 13.6 Å². The third-order valence-corrected chi connectivity index (χ3v) is 6.57. The van der Waals surface area contributed by atoms with E-state index in [0.717, 1.165) is 18.7 Å². The zero-order valence-electron chi connectivity index (χ0n) is 25.8. The van der Waals surface area contributed by atoms with Crippen molar-refractivity contribution in [2.24, 2.45) is 0 Å². The number of aromatic nitrogens is 2. The number of hydrogen-bond donors (Lipinski definition) is 0. The lowest BCUT2D eigenvalue weighted by Crippen LogP contribution is -2.54. The van der Waals surface area contributed by atoms with Crippen LogP contribution in [0.15, 0.2) is 0 Å². The first-order valence-corrected chi connectivity index (χ1v) is 14.8. The van der Waals surface area contributed by atoms with Gasteiger partial charge in [0.05, 0.1) is 50.9 Å². The first-order valence-electron chi connectivity index (χ1n) is 14.0. The maximum absolute atomic E-state index is 13.5. The summed E-state index contributed by atoms with van der Waals surface area (Å²) in [5.41, 5.74) is -0.810. The van der Waals surface area contributed by atoms with Crippen molar-refractivity contribution >= 4 is 47.3 Å². The maximum Gasteiger partial charge on any atom is 0.347 e. The summed E-state index contributed by atoms with van der Waals surface area (Å²) in [4.78, 5) is 65.0. The second kappa shape index (κ2) is 16.9. The van der Waals surface area contributed by atoms with Gasteiger partial charge in [-0.25, -0.2) is 4.79 Å². The van der Waals surface area contributed by atoms with Crippen LogP contribution in [0.5, 0.6) is 5.88 Å². The van der Waals surface area contributed by atoms with Gasteiger partial charge in [0.2, 0.25) is 5.82 Å². The van der Waals surface area contributed by atoms with Crippen LogP contribution in [0.3, 0.4) is 0 Å². The Bertz CT molecular complexity index is 1100. The second-order valence-corrected chi connectivity index (χ2v) is 11.2. The first kappa shape index (κ1) is 35.7. The van der Waals surface area contributed by atoms with E-state index in [1.54, 1.807) is 27.7 Å². The van der Waals surface area contributed by atoms with Gasteiger partial charge in [-0.2, -0.15) is 4.37 Å². The highest BCUT2D eigenvalue weighted by atomic mass is 32.1. The summed E-state index contributed by atoms with van der Waals surface area (Å²) < 4.78 is 40.6. The number of nitrogens with zero attached hydrogens (tertiary/aromatic N) is 4. The first-order chi connectivity index (χ1) is 20.2. The molecule has 1 aliphatic heterocycles. The van der Waals surface area contributed by atoms with E-state index in [-0.39, 0.29) is 38.5 Å². The molecule has 0 saturated carbocycles. The van der Waals surface area contributed by atoms with Crippen LogP contribution in [0.1, 0.15) is 61.3 Å². The Kier molecular flexibility index (Phi) is 14.0. The molecule has 1 fully saturated rings. The van der Waals surface area contributed by atoms with Crippen LogP contribution in [0, 0.1) is 0 Å². The van der Waals surface area contributed by atoms with Gasteiger partial charge in [-0.3, -0.25) is 19.2 Å². The summed E-state index contributed by atoms with van der Waals surface area (Å²) in [6.07, 6.45) is -3.86. The van der Waals surface area contributed by atoms with Crippen LogP contribution in [0.2, 0.25) is 0 Å². The Morgan fingerprint density at radius 2 is 1.63 bits per heavy atom. The Morgan fingerprint density at radius 1 is 0.977 bits per heavy atom. The highest BCUT2D eigenvalue weighted by molar-refractivity contribution is 6.99. The molecule has 43 heavy (non-hydrogen) atoms. The number of carbonyl (C=O) groups excluding carboxylic acids is 5. The molecular formula is C27H42N4O11S. The van der Waals surface area contributed by atoms with Gasteiger partial charge in [0.1, 0.15) is 6.61 Å². The summed E-state index contributed by atoms with van der Waals surface area (Å²) >= 11 is 0.969. The zero-order valence-corrected chi connectivity index (χ0v) is 26.6. The SMILES string of the molecule is CCOC(=O)CCC(=O)O[C@H](COc1nsnc1N1CCOCC1)CN(C(=O)[C@H](C)OC(=O)[C@H](C)OC(C)=O)C(C)(C)C. The van der Waals surface area contributed by atoms with Gasteiger partial charge in [0, 0.05) is 25.6 Å². The molecule has 2 rings (SSSR count). The lowest BCUT2D eigenvalue weighted by molar-refractivity contribution is -0.174. The molecule has 1 aromatic heterocycles. The van der Waals surface area contributed by atoms with Crippen LogP contribution >= 0.6 is 11.7 Å². The van der Waals surface area contributed by atoms with E-state index in [1.807, 2.05) is 4.90 Å². The Labute approximate surface area is 255 Å². The van der Waals surface area contributed by atoms with Gasteiger partial charge in [0.15, 0.2) is 18.3 Å². The van der Waals surface area contributed by atoms with E-state index in [4.69, 9.17) is 28.4 Å². The van der Waals surface area contributed by atoms with E-state index >= 15 is 0 Å². The van der Waals surface area contributed by atoms with Crippen LogP contribution in [0.4, 0.5) is 5.82 Å². The summed E-state index contributed by atoms with van der Waals surface area (Å²) in [6, 6.07) is 0. The van der Waals surface area contributed by atoms with Crippen LogP contribution < -0.4 is 9.64 Å². The minimum absolute atomic E-state index is 0.140. The molecule has 0 aromatic carbocycles. The fraction of sp³-hybridized carbons (Fsp3) is 0.741. The molecule has 2 heterocycles. The van der Waals surface area contributed by atoms with Gasteiger partial charge >= 0.3 is 23.9 Å². The van der Waals surface area contributed by atoms with E-state index in [1.165, 1.54) is 18.7 Å². The molecular weight excluding hydrogens is 588 g/mol. The quantitative estimate of drug-likeness (QED) is 0.202. The van der Waals surface area contributed by atoms with Crippen molar-refractivity contribution in [1.29, 1.82) is 0 Å². The average molecular weight is 631 g/mol. The normalized spacial score (nSPS) is 15.5. The smallest absolute Gasteiger partial charge is 0.347 e. The number of carbonyl (C=O) groups is 5. The highest BCUT2D eigenvalue weighted by Gasteiger charge is 2.36. The number of amides is 1. The van der Waals surface area contributed by atoms with Crippen molar-refractivity contribution in [2.45, 2.75) is 85.2 Å². The molecule has 1 aliphatic rings. The third-order valence-electron chi connectivity index (χ3n) is 6.07. The number of ether oxygens (including phenoxy) is 6. The lowest BCUT2D eigenvalue weighted by atomic mass is 10.0. The van der Waals surface area contributed by atoms with Crippen LogP contribution in [-0.4, -0.2) is 113 Å². The minimum Gasteiger partial charge on any atom is -0.470 e. The monoisotopic (exact) mass is 630 g/mol. The Morgan fingerprint density at radius 3 is 2.23 bits per heavy atom. The summed E-state index contributed by atoms with van der Waals surface area (Å²) in [7, 11) is 0. The van der Waals surface area contributed by atoms with E-state index in [2.05, 4.69) is 8.75 Å². The number of rotatable bonds is 15. The predicted octanol–water partition coefficient (Wildman–Crippen LogP) is 1.52. The number of hydrogen-bond acceptors (Lipinski definition) is 15. The molecule has 0 aliphatic carbocycles. The Balaban J connectivity index is 2.21. The number of morpholine rings is 1. The van der Waals surface area contributed by atoms with E-state index < -0.39 is 53.6 Å². The summed E-state index contributed by atoms with van der Waals surface area (Å²) in [5, 5.41) is 0. The van der Waals surface area contributed by atoms with Gasteiger partial charge < -0.3 is 38.2 Å². The number of esters is 4. The molecule has 3 atom stereocenters. The molecule has 1 aromatic rings. The fourth-order valence-electron chi connectivity index (χ4n) is 3.95. The lowest BCUT2D eigenvalue weighted by Gasteiger charge is -2.39. The van der Waals surface area contributed by atoms with Crippen molar-refractivity contribution < 1.29 is 52.4 Å². The van der Waals surface area contributed by atoms with Gasteiger partial charge in [-0.15, -0.1) is 4.37 Å². The molecule has 242 valence electrons. The van der Waals surface area contributed by atoms with E-state index in [9.17, 15) is 24.0 Å². The van der Waals surface area contributed by atoms with Crippen molar-refractivity contribution in [3.63, 3.8) is 0 Å². The Hall–Kier alpha value is -3.53. The molecule has 16 heteroatoms. The van der Waals surface area contributed by atoms with E-state index in [0.29, 0.717) is 32.1 Å². The minimum atomic E-state index is -1.25. The second-order valence-electron chi connectivity index (χ2n) is 10.7. The largest absolute Gasteiger partial charge is 0.470 e. The van der Waals surface area contributed by atoms with Crippen molar-refractivity contribution in [3.05, 3.63) is 0 Å². The summed E-state index contributed by atoms with van der Waals surface area (Å²) in [5.74, 6) is -2.58. The summed E-state index contributed by atoms with van der Waals surface area (Å²) in [6.45, 7) is 13.0. The number of anilines is 1. The van der Waals surface area contributed by atoms with Gasteiger partial charge in [0.25, 0.3) is 11.8 Å². The maximum atomic E-state index is 13.5. The van der Waals surface area contributed by atoms with Gasteiger partial charge in [-0.05, 0) is 41.5 Å².